The van der Waals surface area contributed by atoms with Gasteiger partial charge in [0.25, 0.3) is 0 Å². The number of fused-ring (bicyclic) bond motifs is 7. The molecular weight excluding hydrogens is 478 g/mol. The average molecular weight is 528 g/mol. The van der Waals surface area contributed by atoms with Crippen molar-refractivity contribution in [1.82, 2.24) is 5.32 Å². The minimum atomic E-state index is -1.03. The summed E-state index contributed by atoms with van der Waals surface area (Å²) in [7, 11) is 0. The number of carboxylic acids is 1. The monoisotopic (exact) mass is 527 g/mol. The van der Waals surface area contributed by atoms with Gasteiger partial charge in [-0.05, 0) is 103 Å². The predicted octanol–water partition coefficient (Wildman–Crippen LogP) is 5.53. The topological polar surface area (TPSA) is 104 Å². The maximum atomic E-state index is 14.4. The van der Waals surface area contributed by atoms with Crippen molar-refractivity contribution in [3.05, 3.63) is 11.6 Å². The summed E-state index contributed by atoms with van der Waals surface area (Å²) < 4.78 is 0. The molecule has 0 aromatic carbocycles. The van der Waals surface area contributed by atoms with Crippen molar-refractivity contribution in [2.45, 2.75) is 112 Å². The highest BCUT2D eigenvalue weighted by Gasteiger charge is 2.70. The minimum absolute atomic E-state index is 0.0411. The van der Waals surface area contributed by atoms with Gasteiger partial charge in [0.15, 0.2) is 5.78 Å². The van der Waals surface area contributed by atoms with E-state index in [4.69, 9.17) is 5.11 Å². The third-order valence-electron chi connectivity index (χ3n) is 13.5. The molecule has 4 fully saturated rings. The van der Waals surface area contributed by atoms with Gasteiger partial charge in [-0.1, -0.05) is 54.0 Å². The number of carbonyl (C=O) groups excluding carboxylic acids is 2. The van der Waals surface area contributed by atoms with E-state index in [-0.39, 0.29) is 63.2 Å². The summed E-state index contributed by atoms with van der Waals surface area (Å²) in [6.45, 7) is 15.5. The van der Waals surface area contributed by atoms with Gasteiger partial charge < -0.3 is 15.5 Å². The summed E-state index contributed by atoms with van der Waals surface area (Å²) >= 11 is 0. The molecule has 0 aromatic heterocycles. The van der Waals surface area contributed by atoms with Crippen LogP contribution in [-0.4, -0.2) is 40.5 Å². The van der Waals surface area contributed by atoms with Gasteiger partial charge in [0, 0.05) is 11.3 Å². The largest absolute Gasteiger partial charge is 0.480 e. The molecule has 1 amide bonds. The molecular formula is C32H49NO5. The van der Waals surface area contributed by atoms with Gasteiger partial charge in [0.05, 0.1) is 6.10 Å². The number of hydrogen-bond donors (Lipinski definition) is 3. The molecule has 0 bridgehead atoms. The van der Waals surface area contributed by atoms with E-state index >= 15 is 0 Å². The van der Waals surface area contributed by atoms with Crippen LogP contribution in [0.15, 0.2) is 11.6 Å². The second-order valence-corrected chi connectivity index (χ2v) is 15.7. The maximum absolute atomic E-state index is 14.4. The van der Waals surface area contributed by atoms with E-state index in [0.717, 1.165) is 51.4 Å². The van der Waals surface area contributed by atoms with E-state index in [0.29, 0.717) is 12.3 Å². The van der Waals surface area contributed by atoms with Crippen molar-refractivity contribution < 1.29 is 24.6 Å². The first-order valence-electron chi connectivity index (χ1n) is 14.9. The molecule has 2 unspecified atom stereocenters. The second-order valence-electron chi connectivity index (χ2n) is 15.7. The molecule has 3 N–H and O–H groups in total. The SMILES string of the molecule is CC1(C)C2CC[C@]3(C)C(C(=O)C=C4[C@H]5C[C@](C)(C(=O)NCC(=O)O)CC[C@]5(C)CC[C@]43C)[C@@]2(C)CC[C@@H]1O. The van der Waals surface area contributed by atoms with E-state index in [2.05, 4.69) is 46.9 Å². The molecule has 4 saturated carbocycles. The van der Waals surface area contributed by atoms with Crippen LogP contribution in [0.2, 0.25) is 0 Å². The number of amides is 1. The molecule has 38 heavy (non-hydrogen) atoms. The standard InChI is InChI=1S/C32H49NO5/c1-27(2)22-8-11-32(7)25(30(22,5)10-9-23(27)35)21(34)16-19-20-17-29(4,26(38)33-18-24(36)37)13-12-28(20,3)14-15-31(19,32)6/h16,20,22-23,25,35H,8-15,17-18H2,1-7H3,(H,33,38)(H,36,37)/t20-,22?,23+,25?,28-,29-,30+,31-,32-/m1/s1. The Morgan fingerprint density at radius 2 is 1.61 bits per heavy atom. The summed E-state index contributed by atoms with van der Waals surface area (Å²) in [6, 6.07) is 0. The highest BCUT2D eigenvalue weighted by atomic mass is 16.4. The Kier molecular flexibility index (Phi) is 6.16. The van der Waals surface area contributed by atoms with Crippen LogP contribution >= 0.6 is 0 Å². The Hall–Kier alpha value is -1.69. The van der Waals surface area contributed by atoms with Crippen LogP contribution in [-0.2, 0) is 14.4 Å². The number of hydrogen-bond acceptors (Lipinski definition) is 4. The molecule has 6 heteroatoms. The van der Waals surface area contributed by atoms with Crippen molar-refractivity contribution >= 4 is 17.7 Å². The molecule has 0 saturated heterocycles. The molecule has 9 atom stereocenters. The number of carbonyl (C=O) groups is 3. The van der Waals surface area contributed by atoms with Crippen LogP contribution in [0.4, 0.5) is 0 Å². The van der Waals surface area contributed by atoms with Crippen molar-refractivity contribution in [3.63, 3.8) is 0 Å². The number of rotatable bonds is 3. The number of aliphatic carboxylic acids is 1. The molecule has 0 aromatic rings. The van der Waals surface area contributed by atoms with Crippen LogP contribution in [0.3, 0.4) is 0 Å². The number of nitrogens with one attached hydrogen (secondary N) is 1. The zero-order valence-electron chi connectivity index (χ0n) is 24.6. The minimum Gasteiger partial charge on any atom is -0.480 e. The first-order chi connectivity index (χ1) is 17.4. The fraction of sp³-hybridized carbons (Fsp3) is 0.844. The molecule has 212 valence electrons. The quantitative estimate of drug-likeness (QED) is 0.448. The molecule has 5 aliphatic rings. The van der Waals surface area contributed by atoms with E-state index in [1.807, 2.05) is 13.0 Å². The van der Waals surface area contributed by atoms with E-state index in [9.17, 15) is 19.5 Å². The van der Waals surface area contributed by atoms with Crippen LogP contribution in [0, 0.1) is 50.2 Å². The number of ketones is 1. The molecule has 5 rings (SSSR count). The number of aliphatic hydroxyl groups excluding tert-OH is 1. The second kappa shape index (κ2) is 8.41. The molecule has 5 aliphatic carbocycles. The highest BCUT2D eigenvalue weighted by molar-refractivity contribution is 5.96. The average Bonchev–Trinajstić information content (AvgIpc) is 2.82. The third-order valence-corrected chi connectivity index (χ3v) is 13.5. The van der Waals surface area contributed by atoms with Gasteiger partial charge in [0.2, 0.25) is 5.91 Å². The summed E-state index contributed by atoms with van der Waals surface area (Å²) in [5.74, 6) is -0.581. The summed E-state index contributed by atoms with van der Waals surface area (Å²) in [4.78, 5) is 38.7. The van der Waals surface area contributed by atoms with E-state index < -0.39 is 11.4 Å². The smallest absolute Gasteiger partial charge is 0.322 e. The molecule has 0 heterocycles. The van der Waals surface area contributed by atoms with Gasteiger partial charge >= 0.3 is 5.97 Å². The Labute approximate surface area is 228 Å². The van der Waals surface area contributed by atoms with Crippen LogP contribution in [0.1, 0.15) is 106 Å². The van der Waals surface area contributed by atoms with Crippen LogP contribution < -0.4 is 5.32 Å². The summed E-state index contributed by atoms with van der Waals surface area (Å²) in [6.07, 6.45) is 9.77. The van der Waals surface area contributed by atoms with Crippen molar-refractivity contribution in [2.75, 3.05) is 6.54 Å². The number of carboxylic acid groups (broad SMARTS) is 1. The summed E-state index contributed by atoms with van der Waals surface area (Å²) in [5.41, 5.74) is 0.00376. The first-order valence-corrected chi connectivity index (χ1v) is 14.9. The van der Waals surface area contributed by atoms with Crippen molar-refractivity contribution in [2.24, 2.45) is 50.2 Å². The Morgan fingerprint density at radius 1 is 0.947 bits per heavy atom. The Morgan fingerprint density at radius 3 is 2.26 bits per heavy atom. The van der Waals surface area contributed by atoms with Crippen LogP contribution in [0.5, 0.6) is 0 Å². The number of allylic oxidation sites excluding steroid dienone is 2. The molecule has 0 spiro atoms. The highest BCUT2D eigenvalue weighted by Crippen LogP contribution is 2.75. The first kappa shape index (κ1) is 27.9. The molecule has 6 nitrogen and oxygen atoms in total. The van der Waals surface area contributed by atoms with Gasteiger partial charge in [-0.25, -0.2) is 0 Å². The van der Waals surface area contributed by atoms with Crippen LogP contribution in [0.25, 0.3) is 0 Å². The van der Waals surface area contributed by atoms with Crippen molar-refractivity contribution in [1.29, 1.82) is 0 Å². The van der Waals surface area contributed by atoms with Crippen molar-refractivity contribution in [3.8, 4) is 0 Å². The zero-order chi connectivity index (χ0) is 28.1. The predicted molar refractivity (Wildman–Crippen MR) is 146 cm³/mol. The molecule has 0 radical (unpaired) electrons. The maximum Gasteiger partial charge on any atom is 0.322 e. The van der Waals surface area contributed by atoms with E-state index in [1.165, 1.54) is 5.57 Å². The van der Waals surface area contributed by atoms with Gasteiger partial charge in [0.1, 0.15) is 6.54 Å². The third kappa shape index (κ3) is 3.57. The van der Waals surface area contributed by atoms with E-state index in [1.54, 1.807) is 0 Å². The number of aliphatic hydroxyl groups is 1. The van der Waals surface area contributed by atoms with Gasteiger partial charge in [-0.15, -0.1) is 0 Å². The lowest BCUT2D eigenvalue weighted by molar-refractivity contribution is -0.202. The fourth-order valence-corrected chi connectivity index (χ4v) is 10.7. The fourth-order valence-electron chi connectivity index (χ4n) is 10.7. The summed E-state index contributed by atoms with van der Waals surface area (Å²) in [5, 5.41) is 22.7. The normalized spacial score (nSPS) is 49.5. The Bertz CT molecular complexity index is 1100. The zero-order valence-corrected chi connectivity index (χ0v) is 24.6. The van der Waals surface area contributed by atoms with Gasteiger partial charge in [-0.2, -0.15) is 0 Å². The lowest BCUT2D eigenvalue weighted by Crippen LogP contribution is -2.66. The van der Waals surface area contributed by atoms with Gasteiger partial charge in [-0.3, -0.25) is 14.4 Å². The molecule has 0 aliphatic heterocycles. The Balaban J connectivity index is 1.55. The lowest BCUT2D eigenvalue weighted by Gasteiger charge is -2.70. The lowest BCUT2D eigenvalue weighted by atomic mass is 9.33.